The third kappa shape index (κ3) is 3.74. The standard InChI is InChI=1S/C26H22N2O4S/c1-32-20-14-8-6-12-18(20)26-28(25(31)21(33-26)15-22(29)30)24-17-11-5-7-13-19(17)27-23(24)16-9-3-2-4-10-16/h2-14,21,26-27H,15H2,1H3,(H,29,30). The molecule has 1 saturated heterocycles. The van der Waals surface area contributed by atoms with E-state index < -0.39 is 16.6 Å². The molecule has 1 aliphatic heterocycles. The van der Waals surface area contributed by atoms with Crippen LogP contribution in [0.1, 0.15) is 17.4 Å². The molecule has 1 fully saturated rings. The van der Waals surface area contributed by atoms with E-state index in [0.717, 1.165) is 33.4 Å². The number of nitrogens with one attached hydrogen (secondary N) is 1. The molecule has 5 rings (SSSR count). The van der Waals surface area contributed by atoms with E-state index in [4.69, 9.17) is 4.74 Å². The van der Waals surface area contributed by atoms with Crippen molar-refractivity contribution in [2.24, 2.45) is 0 Å². The summed E-state index contributed by atoms with van der Waals surface area (Å²) in [5.74, 6) is -0.561. The molecule has 166 valence electrons. The molecule has 6 nitrogen and oxygen atoms in total. The number of fused-ring (bicyclic) bond motifs is 1. The Hall–Kier alpha value is -3.71. The number of anilines is 1. The van der Waals surface area contributed by atoms with E-state index in [1.165, 1.54) is 11.8 Å². The maximum atomic E-state index is 13.7. The average molecular weight is 459 g/mol. The number of para-hydroxylation sites is 2. The minimum atomic E-state index is -0.997. The van der Waals surface area contributed by atoms with Crippen LogP contribution < -0.4 is 9.64 Å². The second-order valence-electron chi connectivity index (χ2n) is 7.79. The molecule has 3 aromatic carbocycles. The lowest BCUT2D eigenvalue weighted by Crippen LogP contribution is -2.32. The SMILES string of the molecule is COc1ccccc1C1SC(CC(=O)O)C(=O)N1c1c(-c2ccccc2)[nH]c2ccccc12. The van der Waals surface area contributed by atoms with E-state index >= 15 is 0 Å². The predicted octanol–water partition coefficient (Wildman–Crippen LogP) is 5.47. The van der Waals surface area contributed by atoms with Crippen LogP contribution in [0.15, 0.2) is 78.9 Å². The normalized spacial score (nSPS) is 18.1. The number of carbonyl (C=O) groups excluding carboxylic acids is 1. The zero-order valence-corrected chi connectivity index (χ0v) is 18.7. The second kappa shape index (κ2) is 8.67. The third-order valence-corrected chi connectivity index (χ3v) is 7.21. The monoisotopic (exact) mass is 458 g/mol. The highest BCUT2D eigenvalue weighted by Gasteiger charge is 2.45. The molecule has 33 heavy (non-hydrogen) atoms. The van der Waals surface area contributed by atoms with Crippen LogP contribution in [0.5, 0.6) is 5.75 Å². The number of rotatable bonds is 6. The molecular weight excluding hydrogens is 436 g/mol. The highest BCUT2D eigenvalue weighted by Crippen LogP contribution is 2.52. The van der Waals surface area contributed by atoms with Gasteiger partial charge in [0.25, 0.3) is 0 Å². The Bertz CT molecular complexity index is 1330. The number of carbonyl (C=O) groups is 2. The molecule has 0 spiro atoms. The summed E-state index contributed by atoms with van der Waals surface area (Å²) in [6.45, 7) is 0. The molecular formula is C26H22N2O4S. The smallest absolute Gasteiger partial charge is 0.305 e. The van der Waals surface area contributed by atoms with Gasteiger partial charge in [0.15, 0.2) is 0 Å². The number of hydrogen-bond acceptors (Lipinski definition) is 4. The summed E-state index contributed by atoms with van der Waals surface area (Å²) in [5.41, 5.74) is 4.25. The fourth-order valence-corrected chi connectivity index (χ4v) is 5.79. The van der Waals surface area contributed by atoms with Gasteiger partial charge < -0.3 is 14.8 Å². The average Bonchev–Trinajstić information content (AvgIpc) is 3.36. The number of amides is 1. The lowest BCUT2D eigenvalue weighted by molar-refractivity contribution is -0.138. The zero-order valence-electron chi connectivity index (χ0n) is 17.9. The number of carboxylic acids is 1. The number of hydrogen-bond donors (Lipinski definition) is 2. The van der Waals surface area contributed by atoms with E-state index in [2.05, 4.69) is 4.98 Å². The summed E-state index contributed by atoms with van der Waals surface area (Å²) in [6, 6.07) is 25.3. The lowest BCUT2D eigenvalue weighted by Gasteiger charge is -2.26. The molecule has 1 aliphatic rings. The number of aromatic nitrogens is 1. The maximum Gasteiger partial charge on any atom is 0.305 e. The minimum absolute atomic E-state index is 0.222. The van der Waals surface area contributed by atoms with Crippen molar-refractivity contribution in [1.82, 2.24) is 4.98 Å². The van der Waals surface area contributed by atoms with Gasteiger partial charge in [0.1, 0.15) is 11.1 Å². The molecule has 0 bridgehead atoms. The van der Waals surface area contributed by atoms with E-state index in [-0.39, 0.29) is 12.3 Å². The van der Waals surface area contributed by atoms with Gasteiger partial charge in [0.05, 0.1) is 30.2 Å². The molecule has 2 atom stereocenters. The number of H-pyrrole nitrogens is 1. The number of aliphatic carboxylic acids is 1. The van der Waals surface area contributed by atoms with Crippen LogP contribution in [0, 0.1) is 0 Å². The summed E-state index contributed by atoms with van der Waals surface area (Å²) in [4.78, 5) is 30.5. The van der Waals surface area contributed by atoms with Crippen molar-refractivity contribution in [1.29, 1.82) is 0 Å². The second-order valence-corrected chi connectivity index (χ2v) is 9.07. The summed E-state index contributed by atoms with van der Waals surface area (Å²) in [5, 5.41) is 9.23. The highest BCUT2D eigenvalue weighted by atomic mass is 32.2. The predicted molar refractivity (Wildman–Crippen MR) is 131 cm³/mol. The van der Waals surface area contributed by atoms with Crippen LogP contribution in [0.25, 0.3) is 22.2 Å². The largest absolute Gasteiger partial charge is 0.496 e. The van der Waals surface area contributed by atoms with Gasteiger partial charge >= 0.3 is 5.97 Å². The van der Waals surface area contributed by atoms with Crippen molar-refractivity contribution < 1.29 is 19.4 Å². The van der Waals surface area contributed by atoms with Gasteiger partial charge in [-0.15, -0.1) is 11.8 Å². The first-order chi connectivity index (χ1) is 16.1. The summed E-state index contributed by atoms with van der Waals surface area (Å²) < 4.78 is 5.60. The number of aromatic amines is 1. The van der Waals surface area contributed by atoms with Crippen molar-refractivity contribution in [3.63, 3.8) is 0 Å². The number of carboxylic acid groups (broad SMARTS) is 1. The fraction of sp³-hybridized carbons (Fsp3) is 0.154. The van der Waals surface area contributed by atoms with Gasteiger partial charge in [-0.25, -0.2) is 0 Å². The number of benzene rings is 3. The molecule has 1 aromatic heterocycles. The van der Waals surface area contributed by atoms with E-state index in [1.54, 1.807) is 12.0 Å². The van der Waals surface area contributed by atoms with Crippen molar-refractivity contribution in [2.45, 2.75) is 17.0 Å². The molecule has 1 amide bonds. The van der Waals surface area contributed by atoms with Gasteiger partial charge in [0, 0.05) is 22.0 Å². The van der Waals surface area contributed by atoms with Crippen LogP contribution in [-0.2, 0) is 9.59 Å². The molecule has 7 heteroatoms. The lowest BCUT2D eigenvalue weighted by atomic mass is 10.1. The van der Waals surface area contributed by atoms with Crippen LogP contribution in [0.2, 0.25) is 0 Å². The third-order valence-electron chi connectivity index (χ3n) is 5.79. The first kappa shape index (κ1) is 21.2. The van der Waals surface area contributed by atoms with Crippen LogP contribution in [0.3, 0.4) is 0 Å². The van der Waals surface area contributed by atoms with Crippen molar-refractivity contribution in [3.8, 4) is 17.0 Å². The summed E-state index contributed by atoms with van der Waals surface area (Å²) >= 11 is 1.35. The summed E-state index contributed by atoms with van der Waals surface area (Å²) in [7, 11) is 1.60. The van der Waals surface area contributed by atoms with E-state index in [0.29, 0.717) is 5.75 Å². The van der Waals surface area contributed by atoms with Crippen LogP contribution in [0.4, 0.5) is 5.69 Å². The number of methoxy groups -OCH3 is 1. The fourth-order valence-electron chi connectivity index (χ4n) is 4.34. The molecule has 0 radical (unpaired) electrons. The topological polar surface area (TPSA) is 82.6 Å². The number of thioether (sulfide) groups is 1. The Kier molecular flexibility index (Phi) is 5.56. The van der Waals surface area contributed by atoms with Gasteiger partial charge in [-0.3, -0.25) is 14.5 Å². The van der Waals surface area contributed by atoms with Gasteiger partial charge in [0.2, 0.25) is 5.91 Å². The molecule has 2 N–H and O–H groups in total. The number of ether oxygens (including phenoxy) is 1. The minimum Gasteiger partial charge on any atom is -0.496 e. The summed E-state index contributed by atoms with van der Waals surface area (Å²) in [6.07, 6.45) is -0.241. The molecule has 2 unspecified atom stereocenters. The Morgan fingerprint density at radius 1 is 1.03 bits per heavy atom. The Labute approximate surface area is 195 Å². The Morgan fingerprint density at radius 2 is 1.73 bits per heavy atom. The number of nitrogens with zero attached hydrogens (tertiary/aromatic N) is 1. The van der Waals surface area contributed by atoms with Gasteiger partial charge in [-0.2, -0.15) is 0 Å². The molecule has 2 heterocycles. The molecule has 0 aliphatic carbocycles. The van der Waals surface area contributed by atoms with Crippen LogP contribution in [-0.4, -0.2) is 34.3 Å². The molecule has 4 aromatic rings. The maximum absolute atomic E-state index is 13.7. The highest BCUT2D eigenvalue weighted by molar-refractivity contribution is 8.01. The zero-order chi connectivity index (χ0) is 22.9. The van der Waals surface area contributed by atoms with Crippen molar-refractivity contribution in [3.05, 3.63) is 84.4 Å². The van der Waals surface area contributed by atoms with Crippen molar-refractivity contribution in [2.75, 3.05) is 12.0 Å². The van der Waals surface area contributed by atoms with E-state index in [9.17, 15) is 14.7 Å². The van der Waals surface area contributed by atoms with E-state index in [1.807, 2.05) is 78.9 Å². The quantitative estimate of drug-likeness (QED) is 0.401. The first-order valence-corrected chi connectivity index (χ1v) is 11.5. The first-order valence-electron chi connectivity index (χ1n) is 10.6. The Balaban J connectivity index is 1.75. The Morgan fingerprint density at radius 3 is 2.48 bits per heavy atom. The van der Waals surface area contributed by atoms with Crippen molar-refractivity contribution >= 4 is 40.2 Å². The van der Waals surface area contributed by atoms with Gasteiger partial charge in [-0.05, 0) is 12.1 Å². The molecule has 0 saturated carbocycles. The van der Waals surface area contributed by atoms with Gasteiger partial charge in [-0.1, -0.05) is 66.7 Å². The van der Waals surface area contributed by atoms with Crippen LogP contribution >= 0.6 is 11.8 Å².